The molecule has 0 aliphatic rings. The van der Waals surface area contributed by atoms with Crippen LogP contribution in [0.1, 0.15) is 0 Å². The molecule has 10 aromatic carbocycles. The highest BCUT2D eigenvalue weighted by molar-refractivity contribution is 6.07. The number of furan rings is 1. The van der Waals surface area contributed by atoms with Crippen LogP contribution in [0.15, 0.2) is 229 Å². The third kappa shape index (κ3) is 5.91. The molecule has 0 spiro atoms. The Morgan fingerprint density at radius 3 is 1.52 bits per heavy atom. The molecule has 0 atom stereocenters. The third-order valence-electron chi connectivity index (χ3n) is 11.5. The number of rotatable bonds is 7. The van der Waals surface area contributed by atoms with Crippen LogP contribution in [0, 0.1) is 0 Å². The maximum Gasteiger partial charge on any atom is 0.135 e. The number of hydrogen-bond acceptors (Lipinski definition) is 2. The number of anilines is 3. The van der Waals surface area contributed by atoms with Crippen molar-refractivity contribution in [2.24, 2.45) is 0 Å². The quantitative estimate of drug-likeness (QED) is 0.162. The monoisotopic (exact) mass is 739 g/mol. The fraction of sp³-hybridized carbons (Fsp3) is 0. The Kier molecular flexibility index (Phi) is 8.19. The van der Waals surface area contributed by atoms with Crippen molar-refractivity contribution in [1.82, 2.24) is 0 Å². The van der Waals surface area contributed by atoms with E-state index in [0.29, 0.717) is 0 Å². The zero-order chi connectivity index (χ0) is 38.4. The predicted octanol–water partition coefficient (Wildman–Crippen LogP) is 16.0. The molecule has 0 aliphatic carbocycles. The molecule has 272 valence electrons. The Labute approximate surface area is 337 Å². The van der Waals surface area contributed by atoms with Gasteiger partial charge in [0, 0.05) is 27.7 Å². The molecular formula is C56H37NO. The Morgan fingerprint density at radius 2 is 0.776 bits per heavy atom. The van der Waals surface area contributed by atoms with Gasteiger partial charge in [-0.3, -0.25) is 0 Å². The molecule has 0 radical (unpaired) electrons. The minimum Gasteiger partial charge on any atom is -0.456 e. The fourth-order valence-corrected chi connectivity index (χ4v) is 8.65. The highest BCUT2D eigenvalue weighted by Crippen LogP contribution is 2.44. The van der Waals surface area contributed by atoms with E-state index < -0.39 is 0 Å². The molecule has 1 aromatic heterocycles. The van der Waals surface area contributed by atoms with Gasteiger partial charge in [-0.2, -0.15) is 0 Å². The predicted molar refractivity (Wildman–Crippen MR) is 245 cm³/mol. The molecular weight excluding hydrogens is 703 g/mol. The first-order valence-corrected chi connectivity index (χ1v) is 19.8. The first kappa shape index (κ1) is 33.6. The van der Waals surface area contributed by atoms with Gasteiger partial charge in [0.05, 0.1) is 5.69 Å². The fourth-order valence-electron chi connectivity index (χ4n) is 8.65. The van der Waals surface area contributed by atoms with Crippen LogP contribution in [-0.2, 0) is 0 Å². The molecule has 0 amide bonds. The van der Waals surface area contributed by atoms with Crippen LogP contribution in [-0.4, -0.2) is 0 Å². The molecule has 0 N–H and O–H groups in total. The van der Waals surface area contributed by atoms with Crippen LogP contribution in [0.5, 0.6) is 0 Å². The summed E-state index contributed by atoms with van der Waals surface area (Å²) in [6.07, 6.45) is 0. The van der Waals surface area contributed by atoms with Crippen LogP contribution in [0.2, 0.25) is 0 Å². The van der Waals surface area contributed by atoms with Crippen LogP contribution in [0.3, 0.4) is 0 Å². The zero-order valence-corrected chi connectivity index (χ0v) is 31.7. The van der Waals surface area contributed by atoms with Gasteiger partial charge >= 0.3 is 0 Å². The van der Waals surface area contributed by atoms with Gasteiger partial charge in [0.15, 0.2) is 0 Å². The Balaban J connectivity index is 1.03. The lowest BCUT2D eigenvalue weighted by Gasteiger charge is -2.28. The van der Waals surface area contributed by atoms with Crippen LogP contribution in [0.25, 0.3) is 88.0 Å². The molecule has 0 saturated heterocycles. The molecule has 0 unspecified atom stereocenters. The van der Waals surface area contributed by atoms with E-state index in [2.05, 4.69) is 217 Å². The van der Waals surface area contributed by atoms with Crippen LogP contribution >= 0.6 is 0 Å². The van der Waals surface area contributed by atoms with Gasteiger partial charge in [0.25, 0.3) is 0 Å². The van der Waals surface area contributed by atoms with E-state index >= 15 is 0 Å². The van der Waals surface area contributed by atoms with Gasteiger partial charge in [-0.15, -0.1) is 0 Å². The number of hydrogen-bond donors (Lipinski definition) is 0. The summed E-state index contributed by atoms with van der Waals surface area (Å²) in [6.45, 7) is 0. The lowest BCUT2D eigenvalue weighted by Crippen LogP contribution is -2.11. The summed E-state index contributed by atoms with van der Waals surface area (Å²) in [5, 5.41) is 7.23. The second kappa shape index (κ2) is 14.1. The lowest BCUT2D eigenvalue weighted by molar-refractivity contribution is 0.669. The summed E-state index contributed by atoms with van der Waals surface area (Å²) < 4.78 is 6.23. The first-order valence-electron chi connectivity index (χ1n) is 19.8. The third-order valence-corrected chi connectivity index (χ3v) is 11.5. The van der Waals surface area contributed by atoms with Gasteiger partial charge in [0.2, 0.25) is 0 Å². The van der Waals surface area contributed by atoms with Crippen molar-refractivity contribution in [3.8, 4) is 44.5 Å². The Bertz CT molecular complexity index is 3270. The van der Waals surface area contributed by atoms with E-state index in [0.717, 1.165) is 50.1 Å². The summed E-state index contributed by atoms with van der Waals surface area (Å²) in [5.41, 5.74) is 14.5. The van der Waals surface area contributed by atoms with Crippen LogP contribution < -0.4 is 4.90 Å². The molecule has 58 heavy (non-hydrogen) atoms. The van der Waals surface area contributed by atoms with Crippen LogP contribution in [0.4, 0.5) is 17.1 Å². The van der Waals surface area contributed by atoms with E-state index in [-0.39, 0.29) is 0 Å². The second-order valence-electron chi connectivity index (χ2n) is 14.9. The number of fused-ring (bicyclic) bond motifs is 5. The lowest BCUT2D eigenvalue weighted by atomic mass is 9.96. The minimum atomic E-state index is 0.891. The van der Waals surface area contributed by atoms with E-state index in [4.69, 9.17) is 4.42 Å². The minimum absolute atomic E-state index is 0.891. The zero-order valence-electron chi connectivity index (χ0n) is 31.7. The van der Waals surface area contributed by atoms with Crippen molar-refractivity contribution < 1.29 is 4.42 Å². The van der Waals surface area contributed by atoms with Crippen molar-refractivity contribution in [2.75, 3.05) is 4.90 Å². The average molecular weight is 740 g/mol. The van der Waals surface area contributed by atoms with E-state index in [1.54, 1.807) is 0 Å². The Morgan fingerprint density at radius 1 is 0.276 bits per heavy atom. The molecule has 0 fully saturated rings. The van der Waals surface area contributed by atoms with Gasteiger partial charge in [-0.25, -0.2) is 0 Å². The smallest absolute Gasteiger partial charge is 0.135 e. The van der Waals surface area contributed by atoms with Crippen molar-refractivity contribution in [2.45, 2.75) is 0 Å². The van der Waals surface area contributed by atoms with Crippen molar-refractivity contribution in [1.29, 1.82) is 0 Å². The number of nitrogens with zero attached hydrogens (tertiary/aromatic N) is 1. The number of para-hydroxylation sites is 2. The normalized spacial score (nSPS) is 11.4. The van der Waals surface area contributed by atoms with Gasteiger partial charge in [-0.05, 0) is 109 Å². The molecule has 0 bridgehead atoms. The highest BCUT2D eigenvalue weighted by atomic mass is 16.3. The van der Waals surface area contributed by atoms with Crippen molar-refractivity contribution >= 4 is 60.5 Å². The molecule has 0 aliphatic heterocycles. The van der Waals surface area contributed by atoms with Crippen molar-refractivity contribution in [3.05, 3.63) is 224 Å². The molecule has 2 nitrogen and oxygen atoms in total. The van der Waals surface area contributed by atoms with E-state index in [1.165, 1.54) is 54.9 Å². The molecule has 11 aromatic rings. The Hall–Kier alpha value is -7.68. The van der Waals surface area contributed by atoms with Gasteiger partial charge in [0.1, 0.15) is 11.2 Å². The molecule has 2 heteroatoms. The summed E-state index contributed by atoms with van der Waals surface area (Å²) in [6, 6.07) is 80.8. The SMILES string of the molecule is c1cc(-c2cccc3ccccc23)cc(N(c2ccc(-c3ccc(-c4cccc5ccccc45)cc3)cc2)c2ccccc2-c2ccc3oc4ccccc4c3c2)c1. The summed E-state index contributed by atoms with van der Waals surface area (Å²) in [5.74, 6) is 0. The van der Waals surface area contributed by atoms with Gasteiger partial charge < -0.3 is 9.32 Å². The largest absolute Gasteiger partial charge is 0.456 e. The maximum absolute atomic E-state index is 6.23. The average Bonchev–Trinajstić information content (AvgIpc) is 3.67. The van der Waals surface area contributed by atoms with E-state index in [9.17, 15) is 0 Å². The maximum atomic E-state index is 6.23. The first-order chi connectivity index (χ1) is 28.7. The second-order valence-corrected chi connectivity index (χ2v) is 14.9. The summed E-state index contributed by atoms with van der Waals surface area (Å²) in [4.78, 5) is 2.40. The molecule has 1 heterocycles. The highest BCUT2D eigenvalue weighted by Gasteiger charge is 2.19. The number of benzene rings is 10. The molecule has 11 rings (SSSR count). The summed E-state index contributed by atoms with van der Waals surface area (Å²) >= 11 is 0. The van der Waals surface area contributed by atoms with E-state index in [1.807, 2.05) is 12.1 Å². The summed E-state index contributed by atoms with van der Waals surface area (Å²) in [7, 11) is 0. The van der Waals surface area contributed by atoms with Crippen molar-refractivity contribution in [3.63, 3.8) is 0 Å². The topological polar surface area (TPSA) is 16.4 Å². The molecule has 0 saturated carbocycles. The standard InChI is InChI=1S/C56H37NO/c1-3-18-47-40(12-1)14-10-22-49(47)42-28-26-38(27-29-42)39-30-33-45(34-31-39)57(46-17-9-16-43(36-46)50-23-11-15-41-13-2-4-19-48(41)50)54-24-7-5-20-51(54)44-32-35-56-53(37-44)52-21-6-8-25-55(52)58-56/h1-37H. The van der Waals surface area contributed by atoms with Gasteiger partial charge in [-0.1, -0.05) is 176 Å².